The Morgan fingerprint density at radius 3 is 2.29 bits per heavy atom. The molecule has 0 saturated heterocycles. The van der Waals surface area contributed by atoms with Crippen LogP contribution in [0.25, 0.3) is 0 Å². The highest BCUT2D eigenvalue weighted by Gasteiger charge is 2.10. The number of carbonyl (C=O) groups is 3. The molecule has 0 heterocycles. The number of esters is 1. The van der Waals surface area contributed by atoms with Crippen molar-refractivity contribution < 1.29 is 23.5 Å². The summed E-state index contributed by atoms with van der Waals surface area (Å²) in [4.78, 5) is 36.5. The lowest BCUT2D eigenvalue weighted by Gasteiger charge is -2.09. The molecule has 3 aromatic carbocycles. The first-order valence-corrected chi connectivity index (χ1v) is 11.2. The first-order valence-electron chi connectivity index (χ1n) is 11.2. The van der Waals surface area contributed by atoms with Crippen molar-refractivity contribution in [3.05, 3.63) is 95.8 Å². The van der Waals surface area contributed by atoms with Gasteiger partial charge in [-0.05, 0) is 67.3 Å². The number of hydrogen-bond acceptors (Lipinski definition) is 4. The quantitative estimate of drug-likeness (QED) is 0.297. The van der Waals surface area contributed by atoms with Crippen LogP contribution in [0, 0.1) is 5.82 Å². The summed E-state index contributed by atoms with van der Waals surface area (Å²) in [6.45, 7) is 0.354. The van der Waals surface area contributed by atoms with Gasteiger partial charge < -0.3 is 15.4 Å². The maximum Gasteiger partial charge on any atom is 0.305 e. The maximum atomic E-state index is 13.0. The van der Waals surface area contributed by atoms with Gasteiger partial charge in [0.15, 0.2) is 0 Å². The second kappa shape index (κ2) is 12.9. The van der Waals surface area contributed by atoms with Crippen LogP contribution in [-0.4, -0.2) is 24.4 Å². The molecule has 0 spiro atoms. The van der Waals surface area contributed by atoms with Gasteiger partial charge in [0.05, 0.1) is 6.61 Å². The van der Waals surface area contributed by atoms with E-state index in [4.69, 9.17) is 4.74 Å². The summed E-state index contributed by atoms with van der Waals surface area (Å²) in [7, 11) is 0. The van der Waals surface area contributed by atoms with E-state index in [0.29, 0.717) is 30.0 Å². The molecule has 0 aliphatic heterocycles. The van der Waals surface area contributed by atoms with Gasteiger partial charge in [-0.2, -0.15) is 0 Å². The molecule has 34 heavy (non-hydrogen) atoms. The minimum absolute atomic E-state index is 0.158. The summed E-state index contributed by atoms with van der Waals surface area (Å²) < 4.78 is 18.2. The van der Waals surface area contributed by atoms with Crippen LogP contribution in [0.5, 0.6) is 0 Å². The number of aryl methyl sites for hydroxylation is 1. The fourth-order valence-electron chi connectivity index (χ4n) is 3.27. The molecule has 0 unspecified atom stereocenters. The highest BCUT2D eigenvalue weighted by molar-refractivity contribution is 6.05. The number of hydrogen-bond donors (Lipinski definition) is 2. The van der Waals surface area contributed by atoms with E-state index in [9.17, 15) is 18.8 Å². The molecule has 7 heteroatoms. The third-order valence-corrected chi connectivity index (χ3v) is 5.01. The second-order valence-electron chi connectivity index (χ2n) is 7.75. The Balaban J connectivity index is 1.35. The van der Waals surface area contributed by atoms with Crippen molar-refractivity contribution in [2.75, 3.05) is 17.2 Å². The zero-order valence-electron chi connectivity index (χ0n) is 18.8. The lowest BCUT2D eigenvalue weighted by Crippen LogP contribution is -2.15. The molecular weight excluding hydrogens is 435 g/mol. The van der Waals surface area contributed by atoms with Gasteiger partial charge in [0.2, 0.25) is 5.91 Å². The summed E-state index contributed by atoms with van der Waals surface area (Å²) >= 11 is 0. The van der Waals surface area contributed by atoms with Crippen LogP contribution < -0.4 is 10.6 Å². The van der Waals surface area contributed by atoms with Crippen LogP contribution in [0.3, 0.4) is 0 Å². The van der Waals surface area contributed by atoms with Crippen molar-refractivity contribution in [3.63, 3.8) is 0 Å². The molecule has 0 atom stereocenters. The van der Waals surface area contributed by atoms with E-state index in [2.05, 4.69) is 10.6 Å². The zero-order valence-corrected chi connectivity index (χ0v) is 18.8. The largest absolute Gasteiger partial charge is 0.466 e. The van der Waals surface area contributed by atoms with Crippen LogP contribution in [0.15, 0.2) is 78.9 Å². The minimum atomic E-state index is -0.390. The van der Waals surface area contributed by atoms with Gasteiger partial charge in [0, 0.05) is 29.8 Å². The highest BCUT2D eigenvalue weighted by atomic mass is 19.1. The van der Waals surface area contributed by atoms with E-state index in [0.717, 1.165) is 12.8 Å². The van der Waals surface area contributed by atoms with Gasteiger partial charge in [-0.25, -0.2) is 4.39 Å². The molecule has 0 aliphatic carbocycles. The van der Waals surface area contributed by atoms with Gasteiger partial charge in [0.1, 0.15) is 5.82 Å². The number of ether oxygens (including phenoxy) is 1. The van der Waals surface area contributed by atoms with Crippen molar-refractivity contribution >= 4 is 29.2 Å². The Morgan fingerprint density at radius 2 is 1.53 bits per heavy atom. The molecular formula is C27H27FN2O4. The van der Waals surface area contributed by atoms with Crippen LogP contribution in [-0.2, 0) is 20.7 Å². The molecule has 2 amide bonds. The zero-order chi connectivity index (χ0) is 24.2. The molecule has 0 aliphatic rings. The predicted octanol–water partition coefficient (Wildman–Crippen LogP) is 5.36. The normalized spacial score (nSPS) is 10.4. The topological polar surface area (TPSA) is 84.5 Å². The Hall–Kier alpha value is -4.00. The maximum absolute atomic E-state index is 13.0. The lowest BCUT2D eigenvalue weighted by molar-refractivity contribution is -0.143. The number of carbonyl (C=O) groups excluding carboxylic acids is 3. The Labute approximate surface area is 198 Å². The second-order valence-corrected chi connectivity index (χ2v) is 7.75. The molecule has 0 saturated carbocycles. The van der Waals surface area contributed by atoms with Crippen molar-refractivity contribution in [1.82, 2.24) is 0 Å². The molecule has 2 N–H and O–H groups in total. The number of amides is 2. The van der Waals surface area contributed by atoms with Crippen molar-refractivity contribution in [3.8, 4) is 0 Å². The summed E-state index contributed by atoms with van der Waals surface area (Å²) in [5, 5.41) is 5.41. The third kappa shape index (κ3) is 8.50. The van der Waals surface area contributed by atoms with Crippen molar-refractivity contribution in [2.24, 2.45) is 0 Å². The first-order chi connectivity index (χ1) is 16.5. The van der Waals surface area contributed by atoms with Crippen molar-refractivity contribution in [1.29, 1.82) is 0 Å². The summed E-state index contributed by atoms with van der Waals surface area (Å²) in [5.74, 6) is -1.34. The van der Waals surface area contributed by atoms with E-state index < -0.39 is 0 Å². The van der Waals surface area contributed by atoms with Gasteiger partial charge in [0.25, 0.3) is 5.91 Å². The van der Waals surface area contributed by atoms with E-state index in [1.54, 1.807) is 24.3 Å². The average Bonchev–Trinajstić information content (AvgIpc) is 2.84. The van der Waals surface area contributed by atoms with Gasteiger partial charge in [-0.3, -0.25) is 14.4 Å². The Morgan fingerprint density at radius 1 is 0.765 bits per heavy atom. The highest BCUT2D eigenvalue weighted by Crippen LogP contribution is 2.15. The number of halogens is 1. The minimum Gasteiger partial charge on any atom is -0.466 e. The van der Waals surface area contributed by atoms with Gasteiger partial charge in [-0.1, -0.05) is 36.4 Å². The van der Waals surface area contributed by atoms with E-state index >= 15 is 0 Å². The van der Waals surface area contributed by atoms with E-state index in [1.807, 2.05) is 30.3 Å². The van der Waals surface area contributed by atoms with Crippen LogP contribution in [0.1, 0.15) is 41.6 Å². The third-order valence-electron chi connectivity index (χ3n) is 5.01. The number of rotatable bonds is 11. The first kappa shape index (κ1) is 24.6. The number of benzene rings is 3. The molecule has 0 bridgehead atoms. The predicted molar refractivity (Wildman–Crippen MR) is 129 cm³/mol. The molecule has 176 valence electrons. The smallest absolute Gasteiger partial charge is 0.305 e. The number of nitrogens with one attached hydrogen (secondary N) is 2. The summed E-state index contributed by atoms with van der Waals surface area (Å²) in [6.07, 6.45) is 2.29. The van der Waals surface area contributed by atoms with Crippen LogP contribution in [0.4, 0.5) is 15.8 Å². The Kier molecular flexibility index (Phi) is 9.34. The van der Waals surface area contributed by atoms with Gasteiger partial charge in [-0.15, -0.1) is 0 Å². The van der Waals surface area contributed by atoms with Crippen molar-refractivity contribution in [2.45, 2.75) is 32.1 Å². The molecule has 0 fully saturated rings. The number of anilines is 2. The fourth-order valence-corrected chi connectivity index (χ4v) is 3.27. The average molecular weight is 463 g/mol. The molecule has 6 nitrogen and oxygen atoms in total. The van der Waals surface area contributed by atoms with E-state index in [1.165, 1.54) is 29.8 Å². The fraction of sp³-hybridized carbons (Fsp3) is 0.222. The lowest BCUT2D eigenvalue weighted by atomic mass is 10.1. The standard InChI is InChI=1S/C27H27FN2O4/c28-22-14-16-23(17-15-22)30-27(33)21-10-4-11-24(19-21)29-25(31)12-5-13-26(32)34-18-6-9-20-7-2-1-3-8-20/h1-4,7-8,10-11,14-17,19H,5-6,9,12-13,18H2,(H,29,31)(H,30,33). The SMILES string of the molecule is O=C(CCCC(=O)OCCCc1ccccc1)Nc1cccc(C(=O)Nc2ccc(F)cc2)c1. The van der Waals surface area contributed by atoms with Crippen LogP contribution in [0.2, 0.25) is 0 Å². The molecule has 0 aromatic heterocycles. The summed E-state index contributed by atoms with van der Waals surface area (Å²) in [5.41, 5.74) is 2.49. The van der Waals surface area contributed by atoms with Crippen LogP contribution >= 0.6 is 0 Å². The Bertz CT molecular complexity index is 1100. The monoisotopic (exact) mass is 462 g/mol. The summed E-state index contributed by atoms with van der Waals surface area (Å²) in [6, 6.07) is 21.9. The molecule has 3 rings (SSSR count). The molecule has 0 radical (unpaired) electrons. The van der Waals surface area contributed by atoms with Gasteiger partial charge >= 0.3 is 5.97 Å². The van der Waals surface area contributed by atoms with E-state index in [-0.39, 0.29) is 36.4 Å². The molecule has 3 aromatic rings.